The summed E-state index contributed by atoms with van der Waals surface area (Å²) >= 11 is 0. The standard InChI is InChI=1S/C55H31N5O2/c1-2-15-33-31-46-41(30-32(33)14-1)36-18-5-8-22-42(36)59(46)45-29-28-40(52-51(45)38-20-7-12-26-48(38)62-52)54-56-53(39-21-13-27-49-50(39)37-19-6-11-25-47(37)61-49)57-55(58-54)60-43-23-9-3-16-34(43)35-17-4-10-24-44(35)60/h1-31H. The maximum atomic E-state index is 6.97. The highest BCUT2D eigenvalue weighted by Crippen LogP contribution is 2.44. The molecule has 0 bridgehead atoms. The number of hydrogen-bond donors (Lipinski definition) is 0. The Morgan fingerprint density at radius 2 is 0.871 bits per heavy atom. The van der Waals surface area contributed by atoms with Crippen molar-refractivity contribution >= 4 is 98.3 Å². The summed E-state index contributed by atoms with van der Waals surface area (Å²) in [7, 11) is 0. The predicted octanol–water partition coefficient (Wildman–Crippen LogP) is 14.4. The summed E-state index contributed by atoms with van der Waals surface area (Å²) in [5.74, 6) is 1.54. The normalized spacial score (nSPS) is 12.2. The molecule has 14 aromatic rings. The molecular weight excluding hydrogens is 763 g/mol. The monoisotopic (exact) mass is 793 g/mol. The van der Waals surface area contributed by atoms with E-state index >= 15 is 0 Å². The van der Waals surface area contributed by atoms with Crippen LogP contribution in [-0.4, -0.2) is 24.1 Å². The second kappa shape index (κ2) is 12.5. The minimum atomic E-state index is 0.500. The van der Waals surface area contributed by atoms with Crippen LogP contribution in [0.25, 0.3) is 133 Å². The quantitative estimate of drug-likeness (QED) is 0.177. The van der Waals surface area contributed by atoms with Gasteiger partial charge in [-0.3, -0.25) is 4.57 Å². The third-order valence-electron chi connectivity index (χ3n) is 12.6. The maximum absolute atomic E-state index is 6.97. The van der Waals surface area contributed by atoms with Crippen molar-refractivity contribution in [3.05, 3.63) is 188 Å². The van der Waals surface area contributed by atoms with E-state index < -0.39 is 0 Å². The average molecular weight is 794 g/mol. The average Bonchev–Trinajstić information content (AvgIpc) is 4.08. The molecule has 14 rings (SSSR count). The summed E-state index contributed by atoms with van der Waals surface area (Å²) in [4.78, 5) is 16.1. The van der Waals surface area contributed by atoms with Gasteiger partial charge in [0.05, 0.1) is 38.7 Å². The fraction of sp³-hybridized carbons (Fsp3) is 0. The first-order valence-electron chi connectivity index (χ1n) is 20.8. The molecule has 5 aromatic heterocycles. The van der Waals surface area contributed by atoms with Gasteiger partial charge in [-0.15, -0.1) is 0 Å². The van der Waals surface area contributed by atoms with Crippen LogP contribution in [0.5, 0.6) is 0 Å². The van der Waals surface area contributed by atoms with Crippen LogP contribution in [-0.2, 0) is 0 Å². The van der Waals surface area contributed by atoms with Crippen molar-refractivity contribution in [2.24, 2.45) is 0 Å². The largest absolute Gasteiger partial charge is 0.456 e. The van der Waals surface area contributed by atoms with E-state index in [0.29, 0.717) is 23.2 Å². The van der Waals surface area contributed by atoms with Gasteiger partial charge in [0.1, 0.15) is 22.3 Å². The molecule has 0 spiro atoms. The van der Waals surface area contributed by atoms with Gasteiger partial charge in [0.25, 0.3) is 0 Å². The Labute approximate surface area is 352 Å². The first-order valence-corrected chi connectivity index (χ1v) is 20.8. The maximum Gasteiger partial charge on any atom is 0.238 e. The molecule has 7 heteroatoms. The molecule has 0 unspecified atom stereocenters. The lowest BCUT2D eigenvalue weighted by atomic mass is 10.0. The lowest BCUT2D eigenvalue weighted by Gasteiger charge is -2.14. The highest BCUT2D eigenvalue weighted by atomic mass is 16.3. The van der Waals surface area contributed by atoms with Crippen LogP contribution < -0.4 is 0 Å². The highest BCUT2D eigenvalue weighted by molar-refractivity contribution is 6.18. The second-order valence-electron chi connectivity index (χ2n) is 15.9. The molecule has 7 nitrogen and oxygen atoms in total. The number of nitrogens with zero attached hydrogens (tertiary/aromatic N) is 5. The van der Waals surface area contributed by atoms with Gasteiger partial charge in [-0.05, 0) is 71.4 Å². The van der Waals surface area contributed by atoms with Crippen LogP contribution in [0.15, 0.2) is 197 Å². The van der Waals surface area contributed by atoms with E-state index in [1.807, 2.05) is 42.5 Å². The molecule has 5 heterocycles. The van der Waals surface area contributed by atoms with E-state index in [1.165, 1.54) is 21.5 Å². The van der Waals surface area contributed by atoms with E-state index in [-0.39, 0.29) is 0 Å². The summed E-state index contributed by atoms with van der Waals surface area (Å²) in [6.07, 6.45) is 0. The van der Waals surface area contributed by atoms with Crippen LogP contribution in [0.1, 0.15) is 0 Å². The van der Waals surface area contributed by atoms with E-state index in [9.17, 15) is 0 Å². The van der Waals surface area contributed by atoms with Gasteiger partial charge in [-0.1, -0.05) is 127 Å². The molecule has 0 saturated heterocycles. The van der Waals surface area contributed by atoms with Crippen molar-refractivity contribution in [3.8, 4) is 34.4 Å². The summed E-state index contributed by atoms with van der Waals surface area (Å²) in [5.41, 5.74) is 9.96. The lowest BCUT2D eigenvalue weighted by molar-refractivity contribution is 0.668. The van der Waals surface area contributed by atoms with Gasteiger partial charge >= 0.3 is 0 Å². The van der Waals surface area contributed by atoms with Crippen molar-refractivity contribution in [3.63, 3.8) is 0 Å². The van der Waals surface area contributed by atoms with E-state index in [4.69, 9.17) is 23.8 Å². The second-order valence-corrected chi connectivity index (χ2v) is 15.9. The summed E-state index contributed by atoms with van der Waals surface area (Å²) in [6, 6.07) is 65.5. The fourth-order valence-corrected chi connectivity index (χ4v) is 9.89. The Kier molecular flexibility index (Phi) is 6.71. The summed E-state index contributed by atoms with van der Waals surface area (Å²) in [6.45, 7) is 0. The van der Waals surface area contributed by atoms with Gasteiger partial charge in [-0.25, -0.2) is 4.98 Å². The molecule has 0 aliphatic rings. The number of benzene rings is 9. The third-order valence-corrected chi connectivity index (χ3v) is 12.6. The van der Waals surface area contributed by atoms with Gasteiger partial charge in [-0.2, -0.15) is 9.97 Å². The molecule has 0 radical (unpaired) electrons. The molecule has 0 fully saturated rings. The van der Waals surface area contributed by atoms with E-state index in [1.54, 1.807) is 0 Å². The molecule has 0 aliphatic heterocycles. The molecule has 62 heavy (non-hydrogen) atoms. The number of aromatic nitrogens is 5. The molecule has 0 N–H and O–H groups in total. The van der Waals surface area contributed by atoms with Crippen LogP contribution in [0.2, 0.25) is 0 Å². The third kappa shape index (κ3) is 4.61. The minimum Gasteiger partial charge on any atom is -0.456 e. The molecule has 0 atom stereocenters. The molecule has 0 saturated carbocycles. The number of furan rings is 2. The van der Waals surface area contributed by atoms with Crippen molar-refractivity contribution in [2.75, 3.05) is 0 Å². The van der Waals surface area contributed by atoms with E-state index in [2.05, 4.69) is 155 Å². The first kappa shape index (κ1) is 33.3. The molecule has 9 aromatic carbocycles. The molecule has 288 valence electrons. The molecule has 0 aliphatic carbocycles. The lowest BCUT2D eigenvalue weighted by Crippen LogP contribution is -2.07. The zero-order valence-corrected chi connectivity index (χ0v) is 33.0. The van der Waals surface area contributed by atoms with Crippen molar-refractivity contribution in [2.45, 2.75) is 0 Å². The Morgan fingerprint density at radius 3 is 1.58 bits per heavy atom. The first-order chi connectivity index (χ1) is 30.7. The number of para-hydroxylation sites is 5. The number of fused-ring (bicyclic) bond motifs is 13. The Bertz CT molecular complexity index is 4130. The smallest absolute Gasteiger partial charge is 0.238 e. The van der Waals surface area contributed by atoms with Crippen LogP contribution in [0.3, 0.4) is 0 Å². The summed E-state index contributed by atoms with van der Waals surface area (Å²) < 4.78 is 17.9. The van der Waals surface area contributed by atoms with Gasteiger partial charge in [0.15, 0.2) is 11.6 Å². The van der Waals surface area contributed by atoms with Crippen molar-refractivity contribution < 1.29 is 8.83 Å². The van der Waals surface area contributed by atoms with E-state index in [0.717, 1.165) is 87.9 Å². The number of hydrogen-bond acceptors (Lipinski definition) is 5. The van der Waals surface area contributed by atoms with Crippen molar-refractivity contribution in [1.29, 1.82) is 0 Å². The van der Waals surface area contributed by atoms with Crippen LogP contribution in [0.4, 0.5) is 0 Å². The zero-order valence-electron chi connectivity index (χ0n) is 33.0. The van der Waals surface area contributed by atoms with Crippen LogP contribution in [0, 0.1) is 0 Å². The Morgan fingerprint density at radius 1 is 0.339 bits per heavy atom. The van der Waals surface area contributed by atoms with Gasteiger partial charge in [0.2, 0.25) is 5.95 Å². The zero-order chi connectivity index (χ0) is 40.5. The fourth-order valence-electron chi connectivity index (χ4n) is 9.89. The SMILES string of the molecule is c1ccc2cc3c(cc2c1)c1ccccc1n3-c1ccc(-c2nc(-c3cccc4oc5ccccc5c34)nc(-n3c4ccccc4c4ccccc43)n2)c2oc3ccccc3c12. The molecule has 0 amide bonds. The van der Waals surface area contributed by atoms with Gasteiger partial charge in [0, 0.05) is 43.3 Å². The number of rotatable bonds is 4. The molecular formula is C55H31N5O2. The summed E-state index contributed by atoms with van der Waals surface area (Å²) in [5, 5.41) is 11.0. The van der Waals surface area contributed by atoms with Crippen LogP contribution >= 0.6 is 0 Å². The predicted molar refractivity (Wildman–Crippen MR) is 251 cm³/mol. The van der Waals surface area contributed by atoms with Crippen molar-refractivity contribution in [1.82, 2.24) is 24.1 Å². The topological polar surface area (TPSA) is 74.8 Å². The minimum absolute atomic E-state index is 0.500. The van der Waals surface area contributed by atoms with Gasteiger partial charge < -0.3 is 13.4 Å². The highest BCUT2D eigenvalue weighted by Gasteiger charge is 2.25. The Balaban J connectivity index is 1.10. The Hall–Kier alpha value is -8.55.